The highest BCUT2D eigenvalue weighted by atomic mass is 35.5. The molecule has 0 aliphatic heterocycles. The second-order valence-electron chi connectivity index (χ2n) is 8.81. The summed E-state index contributed by atoms with van der Waals surface area (Å²) in [6.07, 6.45) is -5.86. The molecular weight excluding hydrogens is 651 g/mol. The van der Waals surface area contributed by atoms with Crippen LogP contribution in [0.3, 0.4) is 0 Å². The fraction of sp³-hybridized carbons (Fsp3) is 0.375. The molecule has 0 bridgehead atoms. The summed E-state index contributed by atoms with van der Waals surface area (Å²) in [6.45, 7) is -0.473. The Labute approximate surface area is 249 Å². The van der Waals surface area contributed by atoms with Crippen molar-refractivity contribution in [1.29, 1.82) is 0 Å². The molecule has 2 atom stereocenters. The molecule has 0 spiro atoms. The van der Waals surface area contributed by atoms with Crippen molar-refractivity contribution in [3.05, 3.63) is 62.6 Å². The first-order valence-electron chi connectivity index (χ1n) is 11.4. The van der Waals surface area contributed by atoms with Crippen LogP contribution in [0.4, 0.5) is 27.6 Å². The minimum Gasteiger partial charge on any atom is -0.352 e. The van der Waals surface area contributed by atoms with Crippen LogP contribution in [0.15, 0.2) is 36.4 Å². The third kappa shape index (κ3) is 7.42. The van der Waals surface area contributed by atoms with E-state index < -0.39 is 52.5 Å². The Bertz CT molecular complexity index is 1290. The van der Waals surface area contributed by atoms with Gasteiger partial charge in [-0.1, -0.05) is 34.8 Å². The highest BCUT2D eigenvalue weighted by molar-refractivity contribution is 6.53. The van der Waals surface area contributed by atoms with Crippen LogP contribution in [0.25, 0.3) is 0 Å². The monoisotopic (exact) mass is 667 g/mol. The fourth-order valence-corrected chi connectivity index (χ4v) is 5.38. The van der Waals surface area contributed by atoms with Gasteiger partial charge in [0.25, 0.3) is 11.8 Å². The molecule has 1 aliphatic rings. The summed E-state index contributed by atoms with van der Waals surface area (Å²) < 4.78 is 60.9. The summed E-state index contributed by atoms with van der Waals surface area (Å²) >= 11 is 30.9. The SMILES string of the molecule is O=C(NCCCCNC(=O)C(F)(F)C(F)(F)F)c1cc(NC(=O)C2C(c3cc(Cl)cc(Cl)c3)C2(Cl)Cl)ccc1Cl. The van der Waals surface area contributed by atoms with E-state index in [1.807, 2.05) is 0 Å². The van der Waals surface area contributed by atoms with Gasteiger partial charge in [0.15, 0.2) is 0 Å². The molecule has 2 unspecified atom stereocenters. The number of carbonyl (C=O) groups is 3. The van der Waals surface area contributed by atoms with E-state index in [1.54, 1.807) is 12.1 Å². The number of anilines is 1. The standard InChI is InChI=1S/C24H19Cl5F5N3O3/c25-12-7-11(8-13(26)9-12)17-18(22(17,28)29)20(39)37-14-3-4-16(27)15(10-14)19(38)35-5-1-2-6-36-21(40)23(30,31)24(32,33)34/h3-4,7-10,17-18H,1-2,5-6H2,(H,35,38)(H,36,40)(H,37,39). The molecule has 2 aromatic rings. The van der Waals surface area contributed by atoms with Crippen LogP contribution in [-0.4, -0.2) is 47.2 Å². The molecule has 2 aromatic carbocycles. The second-order valence-corrected chi connectivity index (χ2v) is 11.5. The number of unbranched alkanes of at least 4 members (excludes halogenated alkanes) is 1. The van der Waals surface area contributed by atoms with Crippen LogP contribution in [0, 0.1) is 5.92 Å². The molecule has 0 heterocycles. The van der Waals surface area contributed by atoms with E-state index in [9.17, 15) is 36.3 Å². The summed E-state index contributed by atoms with van der Waals surface area (Å²) in [4.78, 5) is 36.6. The van der Waals surface area contributed by atoms with Crippen LogP contribution in [0.5, 0.6) is 0 Å². The highest BCUT2D eigenvalue weighted by Gasteiger charge is 2.67. The van der Waals surface area contributed by atoms with Crippen LogP contribution in [0.2, 0.25) is 15.1 Å². The third-order valence-corrected chi connectivity index (χ3v) is 7.58. The number of alkyl halides is 7. The lowest BCUT2D eigenvalue weighted by molar-refractivity contribution is -0.269. The fourth-order valence-electron chi connectivity index (χ4n) is 3.81. The van der Waals surface area contributed by atoms with Gasteiger partial charge in [-0.2, -0.15) is 22.0 Å². The van der Waals surface area contributed by atoms with Crippen LogP contribution < -0.4 is 16.0 Å². The van der Waals surface area contributed by atoms with Crippen molar-refractivity contribution >= 4 is 81.4 Å². The number of carbonyl (C=O) groups excluding carboxylic acids is 3. The molecule has 1 aliphatic carbocycles. The van der Waals surface area contributed by atoms with Gasteiger partial charge in [-0.25, -0.2) is 0 Å². The first-order valence-corrected chi connectivity index (χ1v) is 13.3. The van der Waals surface area contributed by atoms with Gasteiger partial charge in [-0.05, 0) is 54.8 Å². The van der Waals surface area contributed by atoms with Gasteiger partial charge in [0.2, 0.25) is 5.91 Å². The van der Waals surface area contributed by atoms with E-state index in [0.29, 0.717) is 15.6 Å². The zero-order chi connectivity index (χ0) is 30.0. The van der Waals surface area contributed by atoms with E-state index >= 15 is 0 Å². The number of hydrogen-bond acceptors (Lipinski definition) is 3. The molecule has 3 amide bonds. The predicted molar refractivity (Wildman–Crippen MR) is 143 cm³/mol. The van der Waals surface area contributed by atoms with E-state index in [1.165, 1.54) is 29.6 Å². The molecule has 16 heteroatoms. The molecular formula is C24H19Cl5F5N3O3. The van der Waals surface area contributed by atoms with Crippen molar-refractivity contribution in [3.63, 3.8) is 0 Å². The average molecular weight is 670 g/mol. The van der Waals surface area contributed by atoms with E-state index in [-0.39, 0.29) is 35.7 Å². The largest absolute Gasteiger partial charge is 0.463 e. The number of benzene rings is 2. The Morgan fingerprint density at radius 3 is 2.00 bits per heavy atom. The maximum Gasteiger partial charge on any atom is 0.463 e. The normalized spacial score (nSPS) is 18.1. The highest BCUT2D eigenvalue weighted by Crippen LogP contribution is 2.65. The van der Waals surface area contributed by atoms with Gasteiger partial charge in [-0.15, -0.1) is 23.2 Å². The summed E-state index contributed by atoms with van der Waals surface area (Å²) in [7, 11) is 0. The quantitative estimate of drug-likeness (QED) is 0.145. The molecule has 1 fully saturated rings. The Morgan fingerprint density at radius 1 is 0.850 bits per heavy atom. The van der Waals surface area contributed by atoms with Crippen molar-refractivity contribution in [2.24, 2.45) is 5.92 Å². The molecule has 1 saturated carbocycles. The Balaban J connectivity index is 1.52. The molecule has 3 rings (SSSR count). The number of rotatable bonds is 10. The zero-order valence-electron chi connectivity index (χ0n) is 20.0. The maximum atomic E-state index is 12.9. The third-order valence-electron chi connectivity index (χ3n) is 5.87. The van der Waals surface area contributed by atoms with E-state index in [2.05, 4.69) is 10.6 Å². The van der Waals surface area contributed by atoms with Crippen molar-refractivity contribution in [3.8, 4) is 0 Å². The minimum atomic E-state index is -6.00. The van der Waals surface area contributed by atoms with Crippen LogP contribution in [-0.2, 0) is 9.59 Å². The lowest BCUT2D eigenvalue weighted by Crippen LogP contribution is -2.50. The predicted octanol–water partition coefficient (Wildman–Crippen LogP) is 7.00. The first kappa shape index (κ1) is 32.5. The van der Waals surface area contributed by atoms with Crippen LogP contribution in [0.1, 0.15) is 34.7 Å². The molecule has 0 aromatic heterocycles. The second kappa shape index (κ2) is 12.4. The maximum absolute atomic E-state index is 12.9. The smallest absolute Gasteiger partial charge is 0.352 e. The Kier molecular flexibility index (Phi) is 10.1. The van der Waals surface area contributed by atoms with Crippen molar-refractivity contribution in [1.82, 2.24) is 10.6 Å². The molecule has 3 N–H and O–H groups in total. The molecule has 218 valence electrons. The summed E-state index contributed by atoms with van der Waals surface area (Å²) in [6, 6.07) is 8.86. The number of nitrogens with one attached hydrogen (secondary N) is 3. The number of hydrogen-bond donors (Lipinski definition) is 3. The molecule has 0 radical (unpaired) electrons. The van der Waals surface area contributed by atoms with E-state index in [0.717, 1.165) is 0 Å². The summed E-state index contributed by atoms with van der Waals surface area (Å²) in [5.74, 6) is -10.6. The van der Waals surface area contributed by atoms with E-state index in [4.69, 9.17) is 58.0 Å². The molecule has 40 heavy (non-hydrogen) atoms. The lowest BCUT2D eigenvalue weighted by atomic mass is 10.1. The average Bonchev–Trinajstić information content (AvgIpc) is 3.42. The van der Waals surface area contributed by atoms with Crippen molar-refractivity contribution in [2.45, 2.75) is 35.2 Å². The number of halogens is 10. The van der Waals surface area contributed by atoms with Gasteiger partial charge >= 0.3 is 12.1 Å². The Hall–Kier alpha value is -2.05. The molecule has 0 saturated heterocycles. The summed E-state index contributed by atoms with van der Waals surface area (Å²) in [5.41, 5.74) is 0.786. The van der Waals surface area contributed by atoms with Crippen molar-refractivity contribution in [2.75, 3.05) is 18.4 Å². The Morgan fingerprint density at radius 2 is 1.43 bits per heavy atom. The van der Waals surface area contributed by atoms with Crippen LogP contribution >= 0.6 is 58.0 Å². The van der Waals surface area contributed by atoms with Gasteiger partial charge in [0.05, 0.1) is 16.5 Å². The lowest BCUT2D eigenvalue weighted by Gasteiger charge is -2.18. The number of amides is 3. The van der Waals surface area contributed by atoms with Gasteiger partial charge in [0, 0.05) is 34.7 Å². The van der Waals surface area contributed by atoms with Gasteiger partial charge in [-0.3, -0.25) is 14.4 Å². The topological polar surface area (TPSA) is 87.3 Å². The van der Waals surface area contributed by atoms with Gasteiger partial charge in [0.1, 0.15) is 4.33 Å². The minimum absolute atomic E-state index is 0.00276. The van der Waals surface area contributed by atoms with Crippen molar-refractivity contribution < 1.29 is 36.3 Å². The van der Waals surface area contributed by atoms with Gasteiger partial charge < -0.3 is 16.0 Å². The zero-order valence-corrected chi connectivity index (χ0v) is 23.7. The first-order chi connectivity index (χ1) is 18.5. The molecule has 6 nitrogen and oxygen atoms in total. The summed E-state index contributed by atoms with van der Waals surface area (Å²) in [5, 5.41) is 7.40.